The number of nitrogens with zero attached hydrogens (tertiary/aromatic N) is 2. The second-order valence-electron chi connectivity index (χ2n) is 7.86. The highest BCUT2D eigenvalue weighted by atomic mass is 16.2. The molecule has 1 saturated heterocycles. The third-order valence-electron chi connectivity index (χ3n) is 5.74. The largest absolute Gasteiger partial charge is 0.396 e. The second kappa shape index (κ2) is 8.72. The quantitative estimate of drug-likeness (QED) is 0.651. The van der Waals surface area contributed by atoms with Crippen LogP contribution in [0.2, 0.25) is 0 Å². The van der Waals surface area contributed by atoms with Crippen LogP contribution in [0.25, 0.3) is 10.8 Å². The Morgan fingerprint density at radius 1 is 1.21 bits per heavy atom. The first-order chi connectivity index (χ1) is 13.7. The summed E-state index contributed by atoms with van der Waals surface area (Å²) >= 11 is 0. The van der Waals surface area contributed by atoms with Crippen molar-refractivity contribution < 1.29 is 5.11 Å². The Hall–Kier alpha value is -2.43. The fraction of sp³-hybridized carbons (Fsp3) is 0.375. The van der Waals surface area contributed by atoms with E-state index < -0.39 is 0 Å². The normalized spacial score (nSPS) is 17.3. The second-order valence-corrected chi connectivity index (χ2v) is 7.86. The van der Waals surface area contributed by atoms with E-state index in [0.717, 1.165) is 38.9 Å². The fourth-order valence-electron chi connectivity index (χ4n) is 4.18. The van der Waals surface area contributed by atoms with E-state index in [1.807, 2.05) is 12.4 Å². The maximum atomic E-state index is 9.12. The molecule has 0 radical (unpaired) electrons. The fourth-order valence-corrected chi connectivity index (χ4v) is 4.18. The van der Waals surface area contributed by atoms with Gasteiger partial charge in [0, 0.05) is 61.1 Å². The van der Waals surface area contributed by atoms with Crippen LogP contribution in [0.4, 0.5) is 5.69 Å². The summed E-state index contributed by atoms with van der Waals surface area (Å²) < 4.78 is 0. The van der Waals surface area contributed by atoms with Gasteiger partial charge in [0.1, 0.15) is 0 Å². The summed E-state index contributed by atoms with van der Waals surface area (Å²) in [5.41, 5.74) is 5.26. The van der Waals surface area contributed by atoms with E-state index in [1.165, 1.54) is 33.2 Å². The van der Waals surface area contributed by atoms with Gasteiger partial charge in [-0.15, -0.1) is 0 Å². The Morgan fingerprint density at radius 2 is 2.14 bits per heavy atom. The van der Waals surface area contributed by atoms with Gasteiger partial charge in [0.15, 0.2) is 0 Å². The SMILES string of the molecule is Cc1ccc(CN2CCC(Nc3cccc4cnccc34)C2)cc1CCCO. The number of aliphatic hydroxyl groups excluding tert-OH is 1. The molecular formula is C24H29N3O. The Bertz CT molecular complexity index is 935. The van der Waals surface area contributed by atoms with Crippen LogP contribution in [0.1, 0.15) is 29.5 Å². The molecule has 1 unspecified atom stereocenters. The first-order valence-corrected chi connectivity index (χ1v) is 10.2. The van der Waals surface area contributed by atoms with Gasteiger partial charge in [-0.05, 0) is 55.0 Å². The minimum atomic E-state index is 0.257. The van der Waals surface area contributed by atoms with Crippen molar-refractivity contribution in [1.82, 2.24) is 9.88 Å². The molecule has 4 nitrogen and oxygen atoms in total. The van der Waals surface area contributed by atoms with Crippen LogP contribution in [0, 0.1) is 6.92 Å². The van der Waals surface area contributed by atoms with Crippen LogP contribution in [0.5, 0.6) is 0 Å². The van der Waals surface area contributed by atoms with Crippen LogP contribution >= 0.6 is 0 Å². The van der Waals surface area contributed by atoms with Crippen molar-refractivity contribution in [2.45, 2.75) is 38.8 Å². The molecule has 1 fully saturated rings. The molecule has 1 aliphatic rings. The molecule has 1 atom stereocenters. The summed E-state index contributed by atoms with van der Waals surface area (Å²) in [5.74, 6) is 0. The topological polar surface area (TPSA) is 48.4 Å². The van der Waals surface area contributed by atoms with Gasteiger partial charge in [-0.1, -0.05) is 30.3 Å². The van der Waals surface area contributed by atoms with Gasteiger partial charge in [0.2, 0.25) is 0 Å². The molecular weight excluding hydrogens is 346 g/mol. The Morgan fingerprint density at radius 3 is 3.04 bits per heavy atom. The number of rotatable bonds is 7. The van der Waals surface area contributed by atoms with E-state index in [4.69, 9.17) is 5.11 Å². The summed E-state index contributed by atoms with van der Waals surface area (Å²) in [4.78, 5) is 6.76. The number of pyridine rings is 1. The average Bonchev–Trinajstić information content (AvgIpc) is 3.15. The van der Waals surface area contributed by atoms with Gasteiger partial charge >= 0.3 is 0 Å². The maximum absolute atomic E-state index is 9.12. The Kier molecular flexibility index (Phi) is 5.89. The molecule has 3 aromatic rings. The lowest BCUT2D eigenvalue weighted by molar-refractivity contribution is 0.288. The van der Waals surface area contributed by atoms with Crippen LogP contribution in [0.3, 0.4) is 0 Å². The minimum Gasteiger partial charge on any atom is -0.396 e. The van der Waals surface area contributed by atoms with Crippen LogP contribution in [-0.2, 0) is 13.0 Å². The number of aliphatic hydroxyl groups is 1. The number of anilines is 1. The molecule has 0 spiro atoms. The summed E-state index contributed by atoms with van der Waals surface area (Å²) in [6.45, 7) is 5.58. The molecule has 0 bridgehead atoms. The number of likely N-dealkylation sites (tertiary alicyclic amines) is 1. The number of benzene rings is 2. The molecule has 1 aliphatic heterocycles. The predicted octanol–water partition coefficient (Wildman–Crippen LogP) is 4.15. The molecule has 0 aliphatic carbocycles. The summed E-state index contributed by atoms with van der Waals surface area (Å²) in [6, 6.07) is 15.7. The number of hydrogen-bond acceptors (Lipinski definition) is 4. The maximum Gasteiger partial charge on any atom is 0.0434 e. The predicted molar refractivity (Wildman–Crippen MR) is 116 cm³/mol. The highest BCUT2D eigenvalue weighted by molar-refractivity contribution is 5.93. The van der Waals surface area contributed by atoms with E-state index in [9.17, 15) is 0 Å². The van der Waals surface area contributed by atoms with Gasteiger partial charge in [-0.3, -0.25) is 9.88 Å². The van der Waals surface area contributed by atoms with E-state index in [-0.39, 0.29) is 6.61 Å². The van der Waals surface area contributed by atoms with E-state index >= 15 is 0 Å². The van der Waals surface area contributed by atoms with Gasteiger partial charge in [0.25, 0.3) is 0 Å². The zero-order chi connectivity index (χ0) is 19.3. The van der Waals surface area contributed by atoms with Crippen LogP contribution < -0.4 is 5.32 Å². The van der Waals surface area contributed by atoms with Crippen molar-refractivity contribution in [3.8, 4) is 0 Å². The van der Waals surface area contributed by atoms with E-state index in [2.05, 4.69) is 64.6 Å². The molecule has 0 amide bonds. The van der Waals surface area contributed by atoms with E-state index in [1.54, 1.807) is 0 Å². The van der Waals surface area contributed by atoms with Crippen molar-refractivity contribution in [3.63, 3.8) is 0 Å². The van der Waals surface area contributed by atoms with Crippen molar-refractivity contribution >= 4 is 16.5 Å². The van der Waals surface area contributed by atoms with Crippen molar-refractivity contribution in [2.24, 2.45) is 0 Å². The Labute approximate surface area is 167 Å². The number of aromatic nitrogens is 1. The highest BCUT2D eigenvalue weighted by Gasteiger charge is 2.22. The zero-order valence-corrected chi connectivity index (χ0v) is 16.6. The molecule has 146 valence electrons. The first kappa shape index (κ1) is 18.9. The highest BCUT2D eigenvalue weighted by Crippen LogP contribution is 2.25. The van der Waals surface area contributed by atoms with Crippen molar-refractivity contribution in [1.29, 1.82) is 0 Å². The van der Waals surface area contributed by atoms with Gasteiger partial charge in [0.05, 0.1) is 0 Å². The molecule has 2 N–H and O–H groups in total. The lowest BCUT2D eigenvalue weighted by atomic mass is 10.0. The molecule has 1 aromatic heterocycles. The van der Waals surface area contributed by atoms with E-state index in [0.29, 0.717) is 6.04 Å². The van der Waals surface area contributed by atoms with Crippen molar-refractivity contribution in [3.05, 3.63) is 71.5 Å². The van der Waals surface area contributed by atoms with Gasteiger partial charge in [-0.2, -0.15) is 0 Å². The summed E-state index contributed by atoms with van der Waals surface area (Å²) in [5, 5.41) is 15.3. The first-order valence-electron chi connectivity index (χ1n) is 10.2. The third-order valence-corrected chi connectivity index (χ3v) is 5.74. The van der Waals surface area contributed by atoms with Crippen LogP contribution in [-0.4, -0.2) is 40.7 Å². The molecule has 2 aromatic carbocycles. The zero-order valence-electron chi connectivity index (χ0n) is 16.6. The molecule has 2 heterocycles. The third kappa shape index (κ3) is 4.34. The molecule has 28 heavy (non-hydrogen) atoms. The lowest BCUT2D eigenvalue weighted by Gasteiger charge is -2.19. The van der Waals surface area contributed by atoms with Gasteiger partial charge < -0.3 is 10.4 Å². The lowest BCUT2D eigenvalue weighted by Crippen LogP contribution is -2.26. The number of nitrogens with one attached hydrogen (secondary N) is 1. The molecule has 4 heteroatoms. The van der Waals surface area contributed by atoms with Crippen LogP contribution in [0.15, 0.2) is 54.9 Å². The molecule has 4 rings (SSSR count). The summed E-state index contributed by atoms with van der Waals surface area (Å²) in [6.07, 6.45) is 6.73. The summed E-state index contributed by atoms with van der Waals surface area (Å²) in [7, 11) is 0. The Balaban J connectivity index is 1.39. The monoisotopic (exact) mass is 375 g/mol. The van der Waals surface area contributed by atoms with Gasteiger partial charge in [-0.25, -0.2) is 0 Å². The number of fused-ring (bicyclic) bond motifs is 1. The number of aryl methyl sites for hydroxylation is 2. The number of hydrogen-bond donors (Lipinski definition) is 2. The average molecular weight is 376 g/mol. The van der Waals surface area contributed by atoms with Crippen molar-refractivity contribution in [2.75, 3.05) is 25.0 Å². The smallest absolute Gasteiger partial charge is 0.0434 e. The molecule has 0 saturated carbocycles. The minimum absolute atomic E-state index is 0.257. The standard InChI is InChI=1S/C24H29N3O/c1-18-7-8-19(14-20(18)5-3-13-28)16-27-12-10-22(17-27)26-24-6-2-4-21-15-25-11-9-23(21)24/h2,4,6-9,11,14-15,22,26,28H,3,5,10,12-13,16-17H2,1H3.